The van der Waals surface area contributed by atoms with E-state index in [-0.39, 0.29) is 12.0 Å². The molecule has 0 amide bonds. The molecule has 0 aliphatic heterocycles. The monoisotopic (exact) mass is 288 g/mol. The minimum Gasteiger partial charge on any atom is -0.495 e. The Balaban J connectivity index is 3.32. The lowest BCUT2D eigenvalue weighted by Crippen LogP contribution is -2.22. The Morgan fingerprint density at radius 2 is 1.62 bits per heavy atom. The average Bonchev–Trinajstić information content (AvgIpc) is 2.29. The zero-order chi connectivity index (χ0) is 12.3. The van der Waals surface area contributed by atoms with Crippen LogP contribution in [0.5, 0.6) is 11.5 Å². The zero-order valence-corrected chi connectivity index (χ0v) is 11.6. The number of rotatable bonds is 4. The van der Waals surface area contributed by atoms with Crippen molar-refractivity contribution in [2.45, 2.75) is 19.3 Å². The van der Waals surface area contributed by atoms with Gasteiger partial charge in [-0.15, -0.1) is 0 Å². The third-order valence-electron chi connectivity index (χ3n) is 2.62. The highest BCUT2D eigenvalue weighted by molar-refractivity contribution is 9.10. The van der Waals surface area contributed by atoms with Gasteiger partial charge in [0.2, 0.25) is 0 Å². The number of aliphatic hydroxyl groups excluding tert-OH is 1. The third kappa shape index (κ3) is 2.50. The van der Waals surface area contributed by atoms with Gasteiger partial charge in [-0.25, -0.2) is 0 Å². The van der Waals surface area contributed by atoms with Crippen molar-refractivity contribution in [2.24, 2.45) is 0 Å². The summed E-state index contributed by atoms with van der Waals surface area (Å²) in [5.74, 6) is 1.41. The van der Waals surface area contributed by atoms with E-state index in [0.29, 0.717) is 11.5 Å². The number of halogens is 1. The van der Waals surface area contributed by atoms with Crippen LogP contribution < -0.4 is 9.47 Å². The average molecular weight is 289 g/mol. The lowest BCUT2D eigenvalue weighted by atomic mass is 9.85. The van der Waals surface area contributed by atoms with E-state index >= 15 is 0 Å². The number of ether oxygens (including phenoxy) is 2. The van der Waals surface area contributed by atoms with Gasteiger partial charge < -0.3 is 14.6 Å². The maximum absolute atomic E-state index is 9.35. The smallest absolute Gasteiger partial charge is 0.137 e. The fourth-order valence-corrected chi connectivity index (χ4v) is 1.90. The first-order chi connectivity index (χ1) is 7.46. The molecule has 0 aromatic heterocycles. The second-order valence-electron chi connectivity index (χ2n) is 4.24. The van der Waals surface area contributed by atoms with Crippen LogP contribution in [0.3, 0.4) is 0 Å². The van der Waals surface area contributed by atoms with Crippen LogP contribution in [0.4, 0.5) is 0 Å². The fourth-order valence-electron chi connectivity index (χ4n) is 1.35. The SMILES string of the molecule is COc1cc(C(C)(C)CO)cc(OC)c1Br. The number of aliphatic hydroxyl groups is 1. The molecule has 0 aliphatic carbocycles. The Morgan fingerprint density at radius 3 is 1.94 bits per heavy atom. The van der Waals surface area contributed by atoms with E-state index in [0.717, 1.165) is 10.0 Å². The molecule has 0 atom stereocenters. The number of methoxy groups -OCH3 is 2. The van der Waals surface area contributed by atoms with Crippen molar-refractivity contribution in [2.75, 3.05) is 20.8 Å². The van der Waals surface area contributed by atoms with Crippen LogP contribution in [0.1, 0.15) is 19.4 Å². The van der Waals surface area contributed by atoms with Gasteiger partial charge in [-0.05, 0) is 33.6 Å². The highest BCUT2D eigenvalue weighted by Crippen LogP contribution is 2.38. The molecule has 0 unspecified atom stereocenters. The summed E-state index contributed by atoms with van der Waals surface area (Å²) >= 11 is 3.41. The molecule has 90 valence electrons. The first kappa shape index (κ1) is 13.3. The lowest BCUT2D eigenvalue weighted by Gasteiger charge is -2.24. The predicted molar refractivity (Wildman–Crippen MR) is 67.4 cm³/mol. The van der Waals surface area contributed by atoms with Crippen molar-refractivity contribution in [1.82, 2.24) is 0 Å². The third-order valence-corrected chi connectivity index (χ3v) is 3.40. The van der Waals surface area contributed by atoms with Crippen LogP contribution in [0.25, 0.3) is 0 Å². The highest BCUT2D eigenvalue weighted by Gasteiger charge is 2.22. The molecule has 16 heavy (non-hydrogen) atoms. The first-order valence-electron chi connectivity index (χ1n) is 4.99. The van der Waals surface area contributed by atoms with Crippen molar-refractivity contribution < 1.29 is 14.6 Å². The standard InChI is InChI=1S/C12H17BrO3/c1-12(2,7-14)8-5-9(15-3)11(13)10(6-8)16-4/h5-6,14H,7H2,1-4H3. The van der Waals surface area contributed by atoms with Crippen molar-refractivity contribution >= 4 is 15.9 Å². The van der Waals surface area contributed by atoms with E-state index in [2.05, 4.69) is 15.9 Å². The van der Waals surface area contributed by atoms with Gasteiger partial charge in [0.1, 0.15) is 16.0 Å². The summed E-state index contributed by atoms with van der Waals surface area (Å²) in [5.41, 5.74) is 0.660. The Bertz CT molecular complexity index is 350. The van der Waals surface area contributed by atoms with E-state index in [9.17, 15) is 5.11 Å². The van der Waals surface area contributed by atoms with Crippen LogP contribution in [-0.4, -0.2) is 25.9 Å². The Labute approximate surface area is 105 Å². The molecule has 1 aromatic carbocycles. The summed E-state index contributed by atoms with van der Waals surface area (Å²) in [7, 11) is 3.21. The van der Waals surface area contributed by atoms with E-state index < -0.39 is 0 Å². The van der Waals surface area contributed by atoms with E-state index in [1.807, 2.05) is 26.0 Å². The molecule has 1 aromatic rings. The van der Waals surface area contributed by atoms with Gasteiger partial charge >= 0.3 is 0 Å². The summed E-state index contributed by atoms with van der Waals surface area (Å²) < 4.78 is 11.3. The minimum atomic E-state index is -0.318. The lowest BCUT2D eigenvalue weighted by molar-refractivity contribution is 0.217. The maximum Gasteiger partial charge on any atom is 0.137 e. The minimum absolute atomic E-state index is 0.0704. The summed E-state index contributed by atoms with van der Waals surface area (Å²) in [6, 6.07) is 3.81. The fraction of sp³-hybridized carbons (Fsp3) is 0.500. The van der Waals surface area contributed by atoms with E-state index in [1.54, 1.807) is 14.2 Å². The molecule has 0 spiro atoms. The molecule has 1 N–H and O–H groups in total. The predicted octanol–water partition coefficient (Wildman–Crippen LogP) is 2.74. The van der Waals surface area contributed by atoms with Gasteiger partial charge in [0.25, 0.3) is 0 Å². The molecule has 0 bridgehead atoms. The van der Waals surface area contributed by atoms with Crippen molar-refractivity contribution in [1.29, 1.82) is 0 Å². The van der Waals surface area contributed by atoms with Crippen LogP contribution >= 0.6 is 15.9 Å². The molecule has 4 heteroatoms. The number of hydrogen-bond donors (Lipinski definition) is 1. The van der Waals surface area contributed by atoms with Gasteiger partial charge in [-0.1, -0.05) is 13.8 Å². The second kappa shape index (κ2) is 5.06. The summed E-state index contributed by atoms with van der Waals surface area (Å²) in [4.78, 5) is 0. The first-order valence-corrected chi connectivity index (χ1v) is 5.78. The molecule has 3 nitrogen and oxygen atoms in total. The van der Waals surface area contributed by atoms with Gasteiger partial charge in [0, 0.05) is 5.41 Å². The van der Waals surface area contributed by atoms with Crippen LogP contribution in [-0.2, 0) is 5.41 Å². The van der Waals surface area contributed by atoms with E-state index in [4.69, 9.17) is 9.47 Å². The highest BCUT2D eigenvalue weighted by atomic mass is 79.9. The second-order valence-corrected chi connectivity index (χ2v) is 5.03. The molecule has 0 saturated carbocycles. The molecule has 0 saturated heterocycles. The molecular formula is C12H17BrO3. The van der Waals surface area contributed by atoms with Crippen LogP contribution in [0.15, 0.2) is 16.6 Å². The van der Waals surface area contributed by atoms with Gasteiger partial charge in [0.05, 0.1) is 20.8 Å². The Morgan fingerprint density at radius 1 is 1.19 bits per heavy atom. The number of benzene rings is 1. The molecule has 0 radical (unpaired) electrons. The molecule has 0 fully saturated rings. The number of hydrogen-bond acceptors (Lipinski definition) is 3. The Hall–Kier alpha value is -0.740. The van der Waals surface area contributed by atoms with Crippen molar-refractivity contribution in [3.8, 4) is 11.5 Å². The largest absolute Gasteiger partial charge is 0.495 e. The maximum atomic E-state index is 9.35. The van der Waals surface area contributed by atoms with E-state index in [1.165, 1.54) is 0 Å². The topological polar surface area (TPSA) is 38.7 Å². The van der Waals surface area contributed by atoms with Crippen LogP contribution in [0, 0.1) is 0 Å². The quantitative estimate of drug-likeness (QED) is 0.926. The van der Waals surface area contributed by atoms with Gasteiger partial charge in [-0.3, -0.25) is 0 Å². The molecule has 1 rings (SSSR count). The normalized spacial score (nSPS) is 11.4. The molecule has 0 aliphatic rings. The summed E-state index contributed by atoms with van der Waals surface area (Å²) in [6.07, 6.45) is 0. The molecule has 0 heterocycles. The Kier molecular flexibility index (Phi) is 4.21. The summed E-state index contributed by atoms with van der Waals surface area (Å²) in [5, 5.41) is 9.35. The molecular weight excluding hydrogens is 272 g/mol. The van der Waals surface area contributed by atoms with Crippen molar-refractivity contribution in [3.63, 3.8) is 0 Å². The zero-order valence-electron chi connectivity index (χ0n) is 10.0. The van der Waals surface area contributed by atoms with Gasteiger partial charge in [0.15, 0.2) is 0 Å². The van der Waals surface area contributed by atoms with Crippen molar-refractivity contribution in [3.05, 3.63) is 22.2 Å². The summed E-state index contributed by atoms with van der Waals surface area (Å²) in [6.45, 7) is 4.01. The van der Waals surface area contributed by atoms with Gasteiger partial charge in [-0.2, -0.15) is 0 Å². The van der Waals surface area contributed by atoms with Crippen LogP contribution in [0.2, 0.25) is 0 Å².